The molecule has 48 valence electrons. The van der Waals surface area contributed by atoms with Crippen LogP contribution in [-0.2, 0) is 0 Å². The molecule has 0 rings (SSSR count). The highest BCUT2D eigenvalue weighted by atomic mass is 14.8. The van der Waals surface area contributed by atoms with Gasteiger partial charge in [0.2, 0.25) is 0 Å². The van der Waals surface area contributed by atoms with Gasteiger partial charge in [-0.25, -0.2) is 0 Å². The Hall–Kier alpha value is -0.570. The van der Waals surface area contributed by atoms with E-state index in [1.165, 1.54) is 0 Å². The fraction of sp³-hybridized carbons (Fsp3) is 0.800. The van der Waals surface area contributed by atoms with E-state index in [0.29, 0.717) is 0 Å². The Balaban J connectivity index is 3.32. The van der Waals surface area contributed by atoms with Gasteiger partial charge in [-0.1, -0.05) is 6.92 Å². The molecular weight excluding hydrogens is 102 g/mol. The van der Waals surface area contributed by atoms with E-state index in [2.05, 4.69) is 5.32 Å². The standard InChI is InChI=1S/C5H13N3/c1-4(3-8-2)5(6)7/h4,8H,3H2,1-2H3,(H3,6,7). The molecule has 0 aromatic rings. The Morgan fingerprint density at radius 2 is 2.38 bits per heavy atom. The molecule has 0 spiro atoms. The summed E-state index contributed by atoms with van der Waals surface area (Å²) in [6, 6.07) is 0. The first-order valence-corrected chi connectivity index (χ1v) is 2.67. The van der Waals surface area contributed by atoms with Crippen LogP contribution in [0.5, 0.6) is 0 Å². The molecule has 0 heterocycles. The quantitative estimate of drug-likeness (QED) is 0.351. The molecule has 1 unspecified atom stereocenters. The van der Waals surface area contributed by atoms with Gasteiger partial charge in [0.25, 0.3) is 0 Å². The van der Waals surface area contributed by atoms with Gasteiger partial charge in [-0.2, -0.15) is 0 Å². The summed E-state index contributed by atoms with van der Waals surface area (Å²) in [6.45, 7) is 2.70. The highest BCUT2D eigenvalue weighted by Crippen LogP contribution is 1.87. The van der Waals surface area contributed by atoms with E-state index < -0.39 is 0 Å². The third kappa shape index (κ3) is 2.58. The zero-order valence-electron chi connectivity index (χ0n) is 5.36. The van der Waals surface area contributed by atoms with Crippen molar-refractivity contribution < 1.29 is 0 Å². The molecule has 3 heteroatoms. The minimum Gasteiger partial charge on any atom is -0.387 e. The van der Waals surface area contributed by atoms with Crippen molar-refractivity contribution in [2.24, 2.45) is 11.7 Å². The summed E-state index contributed by atoms with van der Waals surface area (Å²) in [7, 11) is 1.85. The van der Waals surface area contributed by atoms with E-state index in [9.17, 15) is 0 Å². The number of amidine groups is 1. The van der Waals surface area contributed by atoms with Gasteiger partial charge in [-0.3, -0.25) is 5.41 Å². The molecule has 8 heavy (non-hydrogen) atoms. The van der Waals surface area contributed by atoms with Crippen LogP contribution in [0, 0.1) is 11.3 Å². The van der Waals surface area contributed by atoms with Gasteiger partial charge in [0, 0.05) is 12.5 Å². The predicted molar refractivity (Wildman–Crippen MR) is 35.0 cm³/mol. The topological polar surface area (TPSA) is 61.9 Å². The van der Waals surface area contributed by atoms with E-state index in [-0.39, 0.29) is 11.8 Å². The molecule has 0 radical (unpaired) electrons. The number of nitrogens with one attached hydrogen (secondary N) is 2. The third-order valence-corrected chi connectivity index (χ3v) is 1.04. The molecule has 0 aliphatic rings. The highest BCUT2D eigenvalue weighted by molar-refractivity contribution is 5.79. The van der Waals surface area contributed by atoms with Gasteiger partial charge in [-0.05, 0) is 7.05 Å². The molecule has 1 atom stereocenters. The number of rotatable bonds is 3. The Morgan fingerprint density at radius 1 is 1.88 bits per heavy atom. The maximum absolute atomic E-state index is 6.94. The van der Waals surface area contributed by atoms with E-state index in [1.54, 1.807) is 0 Å². The second-order valence-electron chi connectivity index (χ2n) is 1.91. The molecule has 4 N–H and O–H groups in total. The number of hydrogen-bond acceptors (Lipinski definition) is 2. The lowest BCUT2D eigenvalue weighted by molar-refractivity contribution is 0.672. The Bertz CT molecular complexity index is 79.7. The van der Waals surface area contributed by atoms with Gasteiger partial charge in [0.15, 0.2) is 0 Å². The van der Waals surface area contributed by atoms with Crippen LogP contribution < -0.4 is 11.1 Å². The number of nitrogens with two attached hydrogens (primary N) is 1. The van der Waals surface area contributed by atoms with Crippen LogP contribution in [0.1, 0.15) is 6.92 Å². The molecule has 3 nitrogen and oxygen atoms in total. The van der Waals surface area contributed by atoms with Crippen molar-refractivity contribution in [2.45, 2.75) is 6.92 Å². The van der Waals surface area contributed by atoms with Crippen LogP contribution >= 0.6 is 0 Å². The Kier molecular flexibility index (Phi) is 3.19. The lowest BCUT2D eigenvalue weighted by Gasteiger charge is -2.06. The van der Waals surface area contributed by atoms with Crippen molar-refractivity contribution in [1.82, 2.24) is 5.32 Å². The van der Waals surface area contributed by atoms with E-state index in [4.69, 9.17) is 11.1 Å². The molecule has 0 aliphatic carbocycles. The molecule has 0 aliphatic heterocycles. The third-order valence-electron chi connectivity index (χ3n) is 1.04. The van der Waals surface area contributed by atoms with Gasteiger partial charge < -0.3 is 11.1 Å². The summed E-state index contributed by atoms with van der Waals surface area (Å²) >= 11 is 0. The second kappa shape index (κ2) is 3.43. The first-order chi connectivity index (χ1) is 3.68. The molecule has 0 fully saturated rings. The van der Waals surface area contributed by atoms with Gasteiger partial charge >= 0.3 is 0 Å². The second-order valence-corrected chi connectivity index (χ2v) is 1.91. The molecule has 0 aromatic heterocycles. The van der Waals surface area contributed by atoms with Gasteiger partial charge in [0.1, 0.15) is 0 Å². The normalized spacial score (nSPS) is 13.2. The molecule has 0 saturated heterocycles. The first-order valence-electron chi connectivity index (χ1n) is 2.67. The summed E-state index contributed by atoms with van der Waals surface area (Å²) in [4.78, 5) is 0. The summed E-state index contributed by atoms with van der Waals surface area (Å²) in [5.41, 5.74) is 5.17. The zero-order chi connectivity index (χ0) is 6.57. The maximum Gasteiger partial charge on any atom is 0.0947 e. The molecule has 0 aromatic carbocycles. The van der Waals surface area contributed by atoms with Crippen LogP contribution in [0.3, 0.4) is 0 Å². The average Bonchev–Trinajstić information content (AvgIpc) is 1.67. The SMILES string of the molecule is CNCC(C)C(=N)N. The van der Waals surface area contributed by atoms with Gasteiger partial charge in [-0.15, -0.1) is 0 Å². The van der Waals surface area contributed by atoms with Crippen molar-refractivity contribution in [1.29, 1.82) is 5.41 Å². The fourth-order valence-corrected chi connectivity index (χ4v) is 0.416. The van der Waals surface area contributed by atoms with Crippen molar-refractivity contribution in [3.63, 3.8) is 0 Å². The van der Waals surface area contributed by atoms with Crippen LogP contribution in [0.25, 0.3) is 0 Å². The smallest absolute Gasteiger partial charge is 0.0947 e. The monoisotopic (exact) mass is 115 g/mol. The van der Waals surface area contributed by atoms with E-state index >= 15 is 0 Å². The fourth-order valence-electron chi connectivity index (χ4n) is 0.416. The van der Waals surface area contributed by atoms with Crippen LogP contribution in [0.4, 0.5) is 0 Å². The summed E-state index contributed by atoms with van der Waals surface area (Å²) in [5, 5.41) is 9.87. The highest BCUT2D eigenvalue weighted by Gasteiger charge is 2.00. The van der Waals surface area contributed by atoms with E-state index in [0.717, 1.165) is 6.54 Å². The molecule has 0 saturated carbocycles. The minimum atomic E-state index is 0.167. The first kappa shape index (κ1) is 7.43. The molecule has 0 amide bonds. The minimum absolute atomic E-state index is 0.167. The van der Waals surface area contributed by atoms with Crippen LogP contribution in [-0.4, -0.2) is 19.4 Å². The van der Waals surface area contributed by atoms with Gasteiger partial charge in [0.05, 0.1) is 5.84 Å². The largest absolute Gasteiger partial charge is 0.387 e. The summed E-state index contributed by atoms with van der Waals surface area (Å²) < 4.78 is 0. The van der Waals surface area contributed by atoms with E-state index in [1.807, 2.05) is 14.0 Å². The molecule has 0 bridgehead atoms. The van der Waals surface area contributed by atoms with Crippen LogP contribution in [0.15, 0.2) is 0 Å². The summed E-state index contributed by atoms with van der Waals surface area (Å²) in [6.07, 6.45) is 0. The van der Waals surface area contributed by atoms with Crippen molar-refractivity contribution >= 4 is 5.84 Å². The predicted octanol–water partition coefficient (Wildman–Crippen LogP) is -0.222. The average molecular weight is 115 g/mol. The maximum atomic E-state index is 6.94. The van der Waals surface area contributed by atoms with Crippen molar-refractivity contribution in [2.75, 3.05) is 13.6 Å². The lowest BCUT2D eigenvalue weighted by atomic mass is 10.2. The molecular formula is C5H13N3. The van der Waals surface area contributed by atoms with Crippen molar-refractivity contribution in [3.05, 3.63) is 0 Å². The zero-order valence-corrected chi connectivity index (χ0v) is 5.36. The lowest BCUT2D eigenvalue weighted by Crippen LogP contribution is -2.28. The Labute approximate surface area is 49.8 Å². The van der Waals surface area contributed by atoms with Crippen molar-refractivity contribution in [3.8, 4) is 0 Å². The summed E-state index contributed by atoms with van der Waals surface area (Å²) in [5.74, 6) is 0.416. The van der Waals surface area contributed by atoms with Crippen LogP contribution in [0.2, 0.25) is 0 Å². The Morgan fingerprint density at radius 3 is 2.50 bits per heavy atom. The number of hydrogen-bond donors (Lipinski definition) is 3.